The van der Waals surface area contributed by atoms with Crippen molar-refractivity contribution in [2.75, 3.05) is 18.1 Å². The van der Waals surface area contributed by atoms with Gasteiger partial charge in [-0.2, -0.15) is 11.8 Å². The van der Waals surface area contributed by atoms with Crippen molar-refractivity contribution in [1.82, 2.24) is 10.2 Å². The highest BCUT2D eigenvalue weighted by atomic mass is 32.2. The Labute approximate surface area is 146 Å². The van der Waals surface area contributed by atoms with Gasteiger partial charge in [-0.15, -0.1) is 0 Å². The van der Waals surface area contributed by atoms with Gasteiger partial charge < -0.3 is 15.0 Å². The predicted octanol–water partition coefficient (Wildman–Crippen LogP) is 3.90. The van der Waals surface area contributed by atoms with Crippen LogP contribution < -0.4 is 5.32 Å². The third kappa shape index (κ3) is 5.02. The van der Waals surface area contributed by atoms with Crippen LogP contribution in [0, 0.1) is 5.41 Å². The van der Waals surface area contributed by atoms with E-state index in [1.807, 2.05) is 37.4 Å². The number of carbonyl (C=O) groups is 1. The van der Waals surface area contributed by atoms with Crippen LogP contribution in [0.4, 0.5) is 4.79 Å². The van der Waals surface area contributed by atoms with E-state index in [-0.39, 0.29) is 12.1 Å². The van der Waals surface area contributed by atoms with Crippen molar-refractivity contribution in [2.45, 2.75) is 84.5 Å². The highest BCUT2D eigenvalue weighted by Gasteiger charge is 2.38. The summed E-state index contributed by atoms with van der Waals surface area (Å²) in [4.78, 5) is 14.4. The van der Waals surface area contributed by atoms with E-state index < -0.39 is 5.60 Å². The summed E-state index contributed by atoms with van der Waals surface area (Å²) >= 11 is 2.04. The molecule has 4 nitrogen and oxygen atoms in total. The van der Waals surface area contributed by atoms with Crippen LogP contribution >= 0.6 is 11.8 Å². The molecular formula is C18H34N2O2S. The molecule has 0 aromatic carbocycles. The topological polar surface area (TPSA) is 41.6 Å². The Balaban J connectivity index is 1.99. The number of rotatable bonds is 2. The summed E-state index contributed by atoms with van der Waals surface area (Å²) in [5, 5.41) is 3.88. The molecule has 2 aliphatic heterocycles. The minimum absolute atomic E-state index is 0.172. The molecule has 134 valence electrons. The Morgan fingerprint density at radius 1 is 1.35 bits per heavy atom. The molecule has 2 heterocycles. The lowest BCUT2D eigenvalue weighted by Crippen LogP contribution is -2.60. The minimum Gasteiger partial charge on any atom is -0.444 e. The summed E-state index contributed by atoms with van der Waals surface area (Å²) < 4.78 is 5.58. The highest BCUT2D eigenvalue weighted by molar-refractivity contribution is 7.99. The molecule has 0 bridgehead atoms. The molecule has 2 rings (SSSR count). The summed E-state index contributed by atoms with van der Waals surface area (Å²) in [6, 6.07) is 1.06. The number of hydrogen-bond donors (Lipinski definition) is 1. The molecule has 0 aromatic heterocycles. The maximum Gasteiger partial charge on any atom is 0.410 e. The van der Waals surface area contributed by atoms with Crippen molar-refractivity contribution < 1.29 is 9.53 Å². The minimum atomic E-state index is -0.431. The first-order chi connectivity index (χ1) is 10.6. The molecule has 3 atom stereocenters. The van der Waals surface area contributed by atoms with Crippen LogP contribution in [0.15, 0.2) is 0 Å². The Kier molecular flexibility index (Phi) is 5.94. The van der Waals surface area contributed by atoms with Gasteiger partial charge in [-0.3, -0.25) is 0 Å². The fourth-order valence-electron chi connectivity index (χ4n) is 3.41. The number of hydrogen-bond acceptors (Lipinski definition) is 4. The third-order valence-corrected chi connectivity index (χ3v) is 6.21. The van der Waals surface area contributed by atoms with Gasteiger partial charge in [0.15, 0.2) is 0 Å². The summed E-state index contributed by atoms with van der Waals surface area (Å²) in [6.45, 7) is 13.5. The van der Waals surface area contributed by atoms with Crippen LogP contribution in [-0.2, 0) is 4.74 Å². The molecule has 23 heavy (non-hydrogen) atoms. The van der Waals surface area contributed by atoms with Gasteiger partial charge in [0, 0.05) is 30.4 Å². The average Bonchev–Trinajstić information content (AvgIpc) is 2.41. The summed E-state index contributed by atoms with van der Waals surface area (Å²) in [6.07, 6.45) is 3.26. The molecular weight excluding hydrogens is 308 g/mol. The molecule has 0 spiro atoms. The number of amides is 1. The zero-order valence-electron chi connectivity index (χ0n) is 15.6. The van der Waals surface area contributed by atoms with Crippen LogP contribution in [0.5, 0.6) is 0 Å². The Morgan fingerprint density at radius 3 is 2.65 bits per heavy atom. The van der Waals surface area contributed by atoms with Crippen molar-refractivity contribution in [1.29, 1.82) is 0 Å². The van der Waals surface area contributed by atoms with E-state index in [1.54, 1.807) is 0 Å². The Bertz CT molecular complexity index is 420. The van der Waals surface area contributed by atoms with Crippen molar-refractivity contribution in [3.63, 3.8) is 0 Å². The maximum atomic E-state index is 12.5. The number of piperidine rings is 1. The SMILES string of the molecule is CC1C(NC2CSCCC2(C)C)CCCN1C(=O)OC(C)(C)C. The molecule has 2 fully saturated rings. The number of ether oxygens (including phenoxy) is 1. The van der Waals surface area contributed by atoms with Gasteiger partial charge in [-0.05, 0) is 58.1 Å². The van der Waals surface area contributed by atoms with Gasteiger partial charge >= 0.3 is 6.09 Å². The molecule has 1 amide bonds. The first kappa shape index (κ1) is 18.9. The van der Waals surface area contributed by atoms with Crippen LogP contribution in [0.2, 0.25) is 0 Å². The fourth-order valence-corrected chi connectivity index (χ4v) is 5.03. The number of nitrogens with zero attached hydrogens (tertiary/aromatic N) is 1. The van der Waals surface area contributed by atoms with E-state index in [0.717, 1.165) is 19.4 Å². The molecule has 3 unspecified atom stereocenters. The van der Waals surface area contributed by atoms with E-state index >= 15 is 0 Å². The second kappa shape index (κ2) is 7.22. The van der Waals surface area contributed by atoms with Crippen LogP contribution in [0.25, 0.3) is 0 Å². The Morgan fingerprint density at radius 2 is 2.04 bits per heavy atom. The second-order valence-corrected chi connectivity index (χ2v) is 9.85. The molecule has 0 aliphatic carbocycles. The number of carbonyl (C=O) groups excluding carboxylic acids is 1. The van der Waals surface area contributed by atoms with Gasteiger partial charge in [-0.1, -0.05) is 13.8 Å². The average molecular weight is 343 g/mol. The standard InChI is InChI=1S/C18H34N2O2S/c1-13-14(19-15-12-23-11-9-18(15,5)6)8-7-10-20(13)16(21)22-17(2,3)4/h13-15,19H,7-12H2,1-6H3. The van der Waals surface area contributed by atoms with Crippen LogP contribution in [0.3, 0.4) is 0 Å². The van der Waals surface area contributed by atoms with E-state index in [2.05, 4.69) is 26.1 Å². The molecule has 1 N–H and O–H groups in total. The first-order valence-electron chi connectivity index (χ1n) is 8.93. The van der Waals surface area contributed by atoms with Crippen molar-refractivity contribution >= 4 is 17.9 Å². The van der Waals surface area contributed by atoms with E-state index in [9.17, 15) is 4.79 Å². The second-order valence-electron chi connectivity index (χ2n) is 8.70. The smallest absolute Gasteiger partial charge is 0.410 e. The molecule has 0 radical (unpaired) electrons. The quantitative estimate of drug-likeness (QED) is 0.826. The monoisotopic (exact) mass is 342 g/mol. The van der Waals surface area contributed by atoms with E-state index in [4.69, 9.17) is 4.74 Å². The normalized spacial score (nSPS) is 31.7. The molecule has 0 saturated carbocycles. The zero-order valence-corrected chi connectivity index (χ0v) is 16.5. The van der Waals surface area contributed by atoms with Gasteiger partial charge in [0.1, 0.15) is 5.60 Å². The van der Waals surface area contributed by atoms with Gasteiger partial charge in [-0.25, -0.2) is 4.79 Å². The number of nitrogens with one attached hydrogen (secondary N) is 1. The number of likely N-dealkylation sites (tertiary alicyclic amines) is 1. The lowest BCUT2D eigenvalue weighted by atomic mass is 9.81. The lowest BCUT2D eigenvalue weighted by molar-refractivity contribution is 0.00524. The third-order valence-electron chi connectivity index (χ3n) is 5.15. The Hall–Kier alpha value is -0.420. The summed E-state index contributed by atoms with van der Waals surface area (Å²) in [5.74, 6) is 2.43. The largest absolute Gasteiger partial charge is 0.444 e. The molecule has 0 aromatic rings. The van der Waals surface area contributed by atoms with E-state index in [1.165, 1.54) is 17.9 Å². The molecule has 2 aliphatic rings. The van der Waals surface area contributed by atoms with Crippen molar-refractivity contribution in [3.8, 4) is 0 Å². The lowest BCUT2D eigenvalue weighted by Gasteiger charge is -2.46. The van der Waals surface area contributed by atoms with Crippen LogP contribution in [0.1, 0.15) is 60.8 Å². The van der Waals surface area contributed by atoms with Crippen molar-refractivity contribution in [3.05, 3.63) is 0 Å². The first-order valence-corrected chi connectivity index (χ1v) is 10.1. The predicted molar refractivity (Wildman–Crippen MR) is 98.1 cm³/mol. The van der Waals surface area contributed by atoms with Gasteiger partial charge in [0.25, 0.3) is 0 Å². The fraction of sp³-hybridized carbons (Fsp3) is 0.944. The number of thioether (sulfide) groups is 1. The summed E-state index contributed by atoms with van der Waals surface area (Å²) in [7, 11) is 0. The highest BCUT2D eigenvalue weighted by Crippen LogP contribution is 2.35. The molecule has 2 saturated heterocycles. The zero-order chi connectivity index (χ0) is 17.3. The summed E-state index contributed by atoms with van der Waals surface area (Å²) in [5.41, 5.74) is -0.0989. The van der Waals surface area contributed by atoms with Crippen molar-refractivity contribution in [2.24, 2.45) is 5.41 Å². The maximum absolute atomic E-state index is 12.5. The van der Waals surface area contributed by atoms with E-state index in [0.29, 0.717) is 17.5 Å². The molecule has 5 heteroatoms. The van der Waals surface area contributed by atoms with Crippen LogP contribution in [-0.4, -0.2) is 52.8 Å². The van der Waals surface area contributed by atoms with Gasteiger partial charge in [0.05, 0.1) is 0 Å². The van der Waals surface area contributed by atoms with Gasteiger partial charge in [0.2, 0.25) is 0 Å².